The number of hydrogen-bond acceptors (Lipinski definition) is 5. The van der Waals surface area contributed by atoms with Crippen molar-refractivity contribution < 1.29 is 24.4 Å². The van der Waals surface area contributed by atoms with E-state index < -0.39 is 24.3 Å². The largest absolute Gasteiger partial charge is 0.394 e. The maximum absolute atomic E-state index is 9.39. The number of aliphatic hydroxyl groups excluding tert-OH is 2. The van der Waals surface area contributed by atoms with Gasteiger partial charge in [0.25, 0.3) is 0 Å². The van der Waals surface area contributed by atoms with Gasteiger partial charge in [-0.05, 0) is 13.8 Å². The Morgan fingerprint density at radius 3 is 2.46 bits per heavy atom. The first-order valence-corrected chi connectivity index (χ1v) is 4.33. The Kier molecular flexibility index (Phi) is 2.08. The molecular formula is C8H14O5. The van der Waals surface area contributed by atoms with Gasteiger partial charge in [0, 0.05) is 0 Å². The highest BCUT2D eigenvalue weighted by Crippen LogP contribution is 2.37. The highest BCUT2D eigenvalue weighted by atomic mass is 16.8. The van der Waals surface area contributed by atoms with E-state index in [0.29, 0.717) is 0 Å². The molecule has 13 heavy (non-hydrogen) atoms. The Labute approximate surface area is 76.2 Å². The fourth-order valence-electron chi connectivity index (χ4n) is 1.81. The maximum atomic E-state index is 9.39. The summed E-state index contributed by atoms with van der Waals surface area (Å²) in [5.41, 5.74) is 0. The van der Waals surface area contributed by atoms with Gasteiger partial charge in [-0.2, -0.15) is 0 Å². The van der Waals surface area contributed by atoms with Crippen molar-refractivity contribution in [2.45, 2.75) is 44.2 Å². The van der Waals surface area contributed by atoms with E-state index in [4.69, 9.17) is 19.3 Å². The van der Waals surface area contributed by atoms with Crippen LogP contribution in [0.25, 0.3) is 0 Å². The molecule has 0 aromatic heterocycles. The normalized spacial score (nSPS) is 48.0. The second-order valence-electron chi connectivity index (χ2n) is 3.81. The topological polar surface area (TPSA) is 68.2 Å². The minimum Gasteiger partial charge on any atom is -0.394 e. The van der Waals surface area contributed by atoms with Gasteiger partial charge in [-0.1, -0.05) is 0 Å². The summed E-state index contributed by atoms with van der Waals surface area (Å²) in [6, 6.07) is 0. The molecule has 4 atom stereocenters. The van der Waals surface area contributed by atoms with Crippen LogP contribution in [0.2, 0.25) is 0 Å². The molecule has 2 aliphatic heterocycles. The predicted molar refractivity (Wildman–Crippen MR) is 41.8 cm³/mol. The van der Waals surface area contributed by atoms with Crippen LogP contribution >= 0.6 is 0 Å². The number of fused-ring (bicyclic) bond motifs is 1. The average Bonchev–Trinajstić information content (AvgIpc) is 2.47. The lowest BCUT2D eigenvalue weighted by Gasteiger charge is -2.21. The third-order valence-electron chi connectivity index (χ3n) is 2.31. The fraction of sp³-hybridized carbons (Fsp3) is 1.00. The lowest BCUT2D eigenvalue weighted by molar-refractivity contribution is -0.223. The smallest absolute Gasteiger partial charge is 0.184 e. The lowest BCUT2D eigenvalue weighted by Crippen LogP contribution is -2.31. The predicted octanol–water partition coefficient (Wildman–Crippen LogP) is -0.784. The van der Waals surface area contributed by atoms with Gasteiger partial charge in [-0.15, -0.1) is 0 Å². The third kappa shape index (κ3) is 1.47. The molecule has 0 radical (unpaired) electrons. The van der Waals surface area contributed by atoms with Crippen molar-refractivity contribution in [3.8, 4) is 0 Å². The standard InChI is InChI=1S/C8H14O5/c1-8(2)12-5-4(3-9)11-7(10)6(5)13-8/h4-7,9-10H,3H2,1-2H3/t4-,5-,6+,7-/m1/s1. The molecule has 0 aromatic carbocycles. The van der Waals surface area contributed by atoms with Crippen LogP contribution in [0.3, 0.4) is 0 Å². The van der Waals surface area contributed by atoms with E-state index in [1.165, 1.54) is 0 Å². The summed E-state index contributed by atoms with van der Waals surface area (Å²) in [4.78, 5) is 0. The Hall–Kier alpha value is -0.200. The molecule has 0 aliphatic carbocycles. The second-order valence-corrected chi connectivity index (χ2v) is 3.81. The van der Waals surface area contributed by atoms with Crippen LogP contribution in [-0.4, -0.2) is 47.2 Å². The Morgan fingerprint density at radius 2 is 1.85 bits per heavy atom. The van der Waals surface area contributed by atoms with Crippen LogP contribution in [0, 0.1) is 0 Å². The summed E-state index contributed by atoms with van der Waals surface area (Å²) in [6.07, 6.45) is -2.33. The molecule has 0 bridgehead atoms. The fourth-order valence-corrected chi connectivity index (χ4v) is 1.81. The molecule has 2 aliphatic rings. The molecule has 0 saturated carbocycles. The molecule has 0 amide bonds. The molecule has 5 heteroatoms. The molecule has 0 unspecified atom stereocenters. The first kappa shape index (κ1) is 9.36. The van der Waals surface area contributed by atoms with E-state index >= 15 is 0 Å². The van der Waals surface area contributed by atoms with E-state index in [0.717, 1.165) is 0 Å². The maximum Gasteiger partial charge on any atom is 0.184 e. The van der Waals surface area contributed by atoms with Crippen molar-refractivity contribution in [3.63, 3.8) is 0 Å². The van der Waals surface area contributed by atoms with Gasteiger partial charge < -0.3 is 24.4 Å². The van der Waals surface area contributed by atoms with Gasteiger partial charge in [0.15, 0.2) is 12.1 Å². The zero-order valence-electron chi connectivity index (χ0n) is 7.64. The molecule has 2 fully saturated rings. The minimum atomic E-state index is -0.996. The van der Waals surface area contributed by atoms with Crippen molar-refractivity contribution in [3.05, 3.63) is 0 Å². The SMILES string of the molecule is CC1(C)O[C@H]2[C@H](O1)[C@@H](CO)O[C@H]2O. The van der Waals surface area contributed by atoms with Crippen LogP contribution in [0.1, 0.15) is 13.8 Å². The molecular weight excluding hydrogens is 176 g/mol. The summed E-state index contributed by atoms with van der Waals surface area (Å²) >= 11 is 0. The molecule has 5 nitrogen and oxygen atoms in total. The van der Waals surface area contributed by atoms with E-state index in [1.54, 1.807) is 13.8 Å². The van der Waals surface area contributed by atoms with Gasteiger partial charge in [-0.25, -0.2) is 0 Å². The second kappa shape index (κ2) is 2.90. The Balaban J connectivity index is 2.12. The van der Waals surface area contributed by atoms with Crippen LogP contribution in [-0.2, 0) is 14.2 Å². The molecule has 2 rings (SSSR count). The van der Waals surface area contributed by atoms with Crippen molar-refractivity contribution in [1.29, 1.82) is 0 Å². The van der Waals surface area contributed by atoms with Gasteiger partial charge in [0.05, 0.1) is 6.61 Å². The van der Waals surface area contributed by atoms with Gasteiger partial charge in [0.2, 0.25) is 0 Å². The van der Waals surface area contributed by atoms with Crippen molar-refractivity contribution in [1.82, 2.24) is 0 Å². The highest BCUT2D eigenvalue weighted by Gasteiger charge is 2.54. The molecule has 0 spiro atoms. The van der Waals surface area contributed by atoms with Gasteiger partial charge in [-0.3, -0.25) is 0 Å². The first-order chi connectivity index (χ1) is 6.03. The van der Waals surface area contributed by atoms with E-state index in [9.17, 15) is 5.11 Å². The van der Waals surface area contributed by atoms with E-state index in [1.807, 2.05) is 0 Å². The number of ether oxygens (including phenoxy) is 3. The summed E-state index contributed by atoms with van der Waals surface area (Å²) in [7, 11) is 0. The number of rotatable bonds is 1. The first-order valence-electron chi connectivity index (χ1n) is 4.33. The number of aliphatic hydroxyl groups is 2. The molecule has 0 aromatic rings. The lowest BCUT2D eigenvalue weighted by atomic mass is 10.1. The summed E-state index contributed by atoms with van der Waals surface area (Å²) in [5, 5.41) is 18.3. The van der Waals surface area contributed by atoms with Crippen LogP contribution < -0.4 is 0 Å². The quantitative estimate of drug-likeness (QED) is 0.567. The molecule has 2 saturated heterocycles. The Morgan fingerprint density at radius 1 is 1.23 bits per heavy atom. The molecule has 2 N–H and O–H groups in total. The van der Waals surface area contributed by atoms with Crippen molar-refractivity contribution in [2.75, 3.05) is 6.61 Å². The zero-order valence-corrected chi connectivity index (χ0v) is 7.64. The third-order valence-corrected chi connectivity index (χ3v) is 2.31. The monoisotopic (exact) mass is 190 g/mol. The van der Waals surface area contributed by atoms with Crippen molar-refractivity contribution in [2.24, 2.45) is 0 Å². The highest BCUT2D eigenvalue weighted by molar-refractivity contribution is 4.94. The van der Waals surface area contributed by atoms with E-state index in [2.05, 4.69) is 0 Å². The zero-order chi connectivity index (χ0) is 9.64. The minimum absolute atomic E-state index is 0.169. The Bertz CT molecular complexity index is 205. The van der Waals surface area contributed by atoms with Gasteiger partial charge in [0.1, 0.15) is 18.3 Å². The van der Waals surface area contributed by atoms with Crippen LogP contribution in [0.15, 0.2) is 0 Å². The molecule has 2 heterocycles. The average molecular weight is 190 g/mol. The van der Waals surface area contributed by atoms with Crippen LogP contribution in [0.4, 0.5) is 0 Å². The van der Waals surface area contributed by atoms with Gasteiger partial charge >= 0.3 is 0 Å². The molecule has 76 valence electrons. The summed E-state index contributed by atoms with van der Waals surface area (Å²) < 4.78 is 15.9. The van der Waals surface area contributed by atoms with Crippen LogP contribution in [0.5, 0.6) is 0 Å². The summed E-state index contributed by atoms with van der Waals surface area (Å²) in [5.74, 6) is -0.701. The number of hydrogen-bond donors (Lipinski definition) is 2. The van der Waals surface area contributed by atoms with Crippen molar-refractivity contribution >= 4 is 0 Å². The van der Waals surface area contributed by atoms with E-state index in [-0.39, 0.29) is 12.7 Å². The summed E-state index contributed by atoms with van der Waals surface area (Å²) in [6.45, 7) is 3.37.